The van der Waals surface area contributed by atoms with Gasteiger partial charge < -0.3 is 10.7 Å². The van der Waals surface area contributed by atoms with Crippen molar-refractivity contribution >= 4 is 17.5 Å². The number of benzene rings is 1. The number of nitrogens with one attached hydrogen (secondary N) is 1. The second kappa shape index (κ2) is 5.98. The average Bonchev–Trinajstić information content (AvgIpc) is 2.94. The zero-order valence-corrected chi connectivity index (χ0v) is 13.9. The second-order valence-corrected chi connectivity index (χ2v) is 5.85. The van der Waals surface area contributed by atoms with Crippen molar-refractivity contribution < 1.29 is 4.79 Å². The molecular weight excluding hydrogens is 328 g/mol. The van der Waals surface area contributed by atoms with Crippen molar-refractivity contribution in [1.29, 1.82) is 0 Å². The topological polar surface area (TPSA) is 93.8 Å². The summed E-state index contributed by atoms with van der Waals surface area (Å²) in [5, 5.41) is 4.56. The van der Waals surface area contributed by atoms with Crippen LogP contribution < -0.4 is 11.3 Å². The first kappa shape index (κ1) is 16.0. The molecule has 122 valence electrons. The molecule has 0 fully saturated rings. The van der Waals surface area contributed by atoms with E-state index in [-0.39, 0.29) is 5.02 Å². The van der Waals surface area contributed by atoms with Gasteiger partial charge in [-0.25, -0.2) is 4.68 Å². The number of aromatic amines is 1. The minimum atomic E-state index is -0.531. The largest absolute Gasteiger partial charge is 0.366 e. The number of rotatable bonds is 3. The number of carbonyl (C=O) groups is 1. The Morgan fingerprint density at radius 1 is 1.25 bits per heavy atom. The first-order valence-corrected chi connectivity index (χ1v) is 7.62. The molecule has 0 saturated heterocycles. The number of nitrogens with two attached hydrogens (primary N) is 1. The molecule has 3 aromatic rings. The lowest BCUT2D eigenvalue weighted by atomic mass is 10.0. The summed E-state index contributed by atoms with van der Waals surface area (Å²) in [6.45, 7) is 3.57. The van der Waals surface area contributed by atoms with E-state index in [4.69, 9.17) is 17.3 Å². The highest BCUT2D eigenvalue weighted by Crippen LogP contribution is 2.27. The number of primary amides is 1. The van der Waals surface area contributed by atoms with E-state index >= 15 is 0 Å². The van der Waals surface area contributed by atoms with Crippen molar-refractivity contribution in [3.05, 3.63) is 68.6 Å². The molecule has 0 unspecified atom stereocenters. The summed E-state index contributed by atoms with van der Waals surface area (Å²) >= 11 is 5.93. The van der Waals surface area contributed by atoms with Gasteiger partial charge in [0.1, 0.15) is 10.8 Å². The van der Waals surface area contributed by atoms with Crippen LogP contribution in [0.5, 0.6) is 0 Å². The summed E-state index contributed by atoms with van der Waals surface area (Å²) in [6.07, 6.45) is 0. The van der Waals surface area contributed by atoms with Gasteiger partial charge in [-0.1, -0.05) is 29.8 Å². The van der Waals surface area contributed by atoms with Crippen molar-refractivity contribution in [3.63, 3.8) is 0 Å². The Hall–Kier alpha value is -2.86. The SMILES string of the molecule is Cc1cc(-c2ccccc2C(N)=O)n(-c2cc(C)c(Cl)c(=O)[nH]2)n1. The van der Waals surface area contributed by atoms with Gasteiger partial charge in [-0.2, -0.15) is 5.10 Å². The van der Waals surface area contributed by atoms with E-state index in [2.05, 4.69) is 10.1 Å². The lowest BCUT2D eigenvalue weighted by Crippen LogP contribution is -2.15. The average molecular weight is 343 g/mol. The van der Waals surface area contributed by atoms with E-state index < -0.39 is 11.5 Å². The molecule has 2 heterocycles. The highest BCUT2D eigenvalue weighted by Gasteiger charge is 2.17. The summed E-state index contributed by atoms with van der Waals surface area (Å²) in [5.41, 5.74) is 8.12. The lowest BCUT2D eigenvalue weighted by Gasteiger charge is -2.11. The third-order valence-electron chi connectivity index (χ3n) is 3.67. The van der Waals surface area contributed by atoms with Gasteiger partial charge in [-0.05, 0) is 37.6 Å². The smallest absolute Gasteiger partial charge is 0.268 e. The van der Waals surface area contributed by atoms with Crippen LogP contribution in [-0.4, -0.2) is 20.7 Å². The summed E-state index contributed by atoms with van der Waals surface area (Å²) in [7, 11) is 0. The summed E-state index contributed by atoms with van der Waals surface area (Å²) in [5.74, 6) is -0.0685. The number of hydrogen-bond acceptors (Lipinski definition) is 3. The molecule has 0 aliphatic heterocycles. The van der Waals surface area contributed by atoms with Crippen LogP contribution in [0, 0.1) is 13.8 Å². The quantitative estimate of drug-likeness (QED) is 0.766. The number of carbonyl (C=O) groups excluding carboxylic acids is 1. The zero-order valence-electron chi connectivity index (χ0n) is 13.1. The van der Waals surface area contributed by atoms with Gasteiger partial charge in [0.25, 0.3) is 5.56 Å². The van der Waals surface area contributed by atoms with Crippen molar-refractivity contribution in [2.24, 2.45) is 5.73 Å². The molecule has 0 radical (unpaired) electrons. The Morgan fingerprint density at radius 2 is 1.96 bits per heavy atom. The molecule has 3 rings (SSSR count). The summed E-state index contributed by atoms with van der Waals surface area (Å²) in [4.78, 5) is 26.4. The van der Waals surface area contributed by atoms with Gasteiger partial charge in [0, 0.05) is 11.1 Å². The van der Waals surface area contributed by atoms with Gasteiger partial charge in [-0.3, -0.25) is 9.59 Å². The standard InChI is InChI=1S/C17H15ClN4O2/c1-9-7-14(20-17(24)15(9)18)22-13(8-10(2)21-22)11-5-3-4-6-12(11)16(19)23/h3-8H,1-2H3,(H2,19,23)(H,20,24). The molecule has 0 aliphatic carbocycles. The number of pyridine rings is 1. The van der Waals surface area contributed by atoms with Gasteiger partial charge in [0.2, 0.25) is 5.91 Å². The normalized spacial score (nSPS) is 10.8. The van der Waals surface area contributed by atoms with E-state index in [9.17, 15) is 9.59 Å². The minimum Gasteiger partial charge on any atom is -0.366 e. The highest BCUT2D eigenvalue weighted by atomic mass is 35.5. The van der Waals surface area contributed by atoms with Crippen LogP contribution >= 0.6 is 11.6 Å². The Morgan fingerprint density at radius 3 is 2.62 bits per heavy atom. The molecule has 0 bridgehead atoms. The lowest BCUT2D eigenvalue weighted by molar-refractivity contribution is 0.100. The van der Waals surface area contributed by atoms with Crippen LogP contribution in [0.1, 0.15) is 21.6 Å². The molecule has 2 aromatic heterocycles. The molecule has 24 heavy (non-hydrogen) atoms. The first-order chi connectivity index (χ1) is 11.4. The first-order valence-electron chi connectivity index (χ1n) is 7.24. The molecule has 0 aliphatic rings. The minimum absolute atomic E-state index is 0.140. The monoisotopic (exact) mass is 342 g/mol. The predicted molar refractivity (Wildman–Crippen MR) is 92.6 cm³/mol. The maximum atomic E-state index is 12.0. The number of amides is 1. The number of hydrogen-bond donors (Lipinski definition) is 2. The Bertz CT molecular complexity index is 1000. The Balaban J connectivity index is 2.28. The molecule has 7 heteroatoms. The zero-order chi connectivity index (χ0) is 17.4. The molecular formula is C17H15ClN4O2. The number of nitrogens with zero attached hydrogens (tertiary/aromatic N) is 2. The predicted octanol–water partition coefficient (Wildman–Crippen LogP) is 2.60. The van der Waals surface area contributed by atoms with Crippen LogP contribution in [0.25, 0.3) is 17.1 Å². The summed E-state index contributed by atoms with van der Waals surface area (Å²) < 4.78 is 1.57. The third kappa shape index (κ3) is 2.72. The number of halogens is 1. The van der Waals surface area contributed by atoms with Crippen molar-refractivity contribution in [1.82, 2.24) is 14.8 Å². The fraction of sp³-hybridized carbons (Fsp3) is 0.118. The van der Waals surface area contributed by atoms with Crippen LogP contribution in [0.2, 0.25) is 5.02 Å². The summed E-state index contributed by atoms with van der Waals surface area (Å²) in [6, 6.07) is 10.5. The van der Waals surface area contributed by atoms with E-state index in [0.29, 0.717) is 28.2 Å². The van der Waals surface area contributed by atoms with Gasteiger partial charge in [0.15, 0.2) is 0 Å². The van der Waals surface area contributed by atoms with Crippen LogP contribution in [0.3, 0.4) is 0 Å². The number of H-pyrrole nitrogens is 1. The van der Waals surface area contributed by atoms with Crippen molar-refractivity contribution in [2.75, 3.05) is 0 Å². The third-order valence-corrected chi connectivity index (χ3v) is 4.14. The van der Waals surface area contributed by atoms with Gasteiger partial charge >= 0.3 is 0 Å². The Labute approximate surface area is 142 Å². The molecule has 1 aromatic carbocycles. The molecule has 0 spiro atoms. The maximum Gasteiger partial charge on any atom is 0.268 e. The second-order valence-electron chi connectivity index (χ2n) is 5.47. The van der Waals surface area contributed by atoms with Crippen LogP contribution in [0.15, 0.2) is 41.2 Å². The van der Waals surface area contributed by atoms with E-state index in [1.54, 1.807) is 35.9 Å². The maximum absolute atomic E-state index is 12.0. The number of aromatic nitrogens is 3. The molecule has 0 saturated carbocycles. The van der Waals surface area contributed by atoms with Crippen LogP contribution in [-0.2, 0) is 0 Å². The van der Waals surface area contributed by atoms with Crippen molar-refractivity contribution in [2.45, 2.75) is 13.8 Å². The molecule has 3 N–H and O–H groups in total. The fourth-order valence-corrected chi connectivity index (χ4v) is 2.67. The van der Waals surface area contributed by atoms with Crippen molar-refractivity contribution in [3.8, 4) is 17.1 Å². The molecule has 1 amide bonds. The fourth-order valence-electron chi connectivity index (χ4n) is 2.57. The number of aryl methyl sites for hydroxylation is 2. The van der Waals surface area contributed by atoms with E-state index in [1.807, 2.05) is 19.1 Å². The van der Waals surface area contributed by atoms with Gasteiger partial charge in [-0.15, -0.1) is 0 Å². The molecule has 0 atom stereocenters. The Kier molecular flexibility index (Phi) is 3.99. The van der Waals surface area contributed by atoms with E-state index in [1.165, 1.54) is 0 Å². The molecule has 6 nitrogen and oxygen atoms in total. The van der Waals surface area contributed by atoms with Crippen LogP contribution in [0.4, 0.5) is 0 Å². The van der Waals surface area contributed by atoms with Gasteiger partial charge in [0.05, 0.1) is 11.4 Å². The van der Waals surface area contributed by atoms with E-state index in [0.717, 1.165) is 5.69 Å². The highest BCUT2D eigenvalue weighted by molar-refractivity contribution is 6.31.